The van der Waals surface area contributed by atoms with Crippen LogP contribution in [-0.2, 0) is 0 Å². The zero-order valence-corrected chi connectivity index (χ0v) is 18.7. The third kappa shape index (κ3) is 4.40. The van der Waals surface area contributed by atoms with E-state index in [0.717, 1.165) is 5.56 Å². The summed E-state index contributed by atoms with van der Waals surface area (Å²) in [6.07, 6.45) is 5.31. The second-order valence-corrected chi connectivity index (χ2v) is 7.61. The van der Waals surface area contributed by atoms with Crippen LogP contribution in [0.3, 0.4) is 0 Å². The Morgan fingerprint density at radius 3 is 2.74 bits per heavy atom. The van der Waals surface area contributed by atoms with Gasteiger partial charge in [-0.2, -0.15) is 4.39 Å². The Morgan fingerprint density at radius 2 is 2.00 bits per heavy atom. The molecule has 10 heteroatoms. The molecule has 0 radical (unpaired) electrons. The second kappa shape index (κ2) is 9.84. The molecule has 0 fully saturated rings. The molecule has 8 nitrogen and oxygen atoms in total. The Labute approximate surface area is 194 Å². The zero-order valence-electron chi connectivity index (χ0n) is 18.7. The lowest BCUT2D eigenvalue weighted by atomic mass is 10.1. The maximum absolute atomic E-state index is 14.7. The Balaban J connectivity index is 1.62. The number of carbonyl (C=O) groups excluding carboxylic acids is 1. The van der Waals surface area contributed by atoms with Gasteiger partial charge in [0, 0.05) is 35.8 Å². The molecule has 0 aliphatic rings. The number of anilines is 2. The third-order valence-electron chi connectivity index (χ3n) is 5.37. The summed E-state index contributed by atoms with van der Waals surface area (Å²) in [5, 5.41) is 6.02. The minimum Gasteiger partial charge on any atom is -0.494 e. The number of aryl methyl sites for hydroxylation is 1. The first-order chi connectivity index (χ1) is 16.4. The predicted octanol–water partition coefficient (Wildman–Crippen LogP) is 3.81. The Bertz CT molecular complexity index is 1360. The van der Waals surface area contributed by atoms with Crippen molar-refractivity contribution in [2.75, 3.05) is 25.5 Å². The molecule has 4 N–H and O–H groups in total. The van der Waals surface area contributed by atoms with Crippen LogP contribution >= 0.6 is 0 Å². The van der Waals surface area contributed by atoms with Gasteiger partial charge in [0.15, 0.2) is 23.0 Å². The van der Waals surface area contributed by atoms with Crippen molar-refractivity contribution in [1.29, 1.82) is 0 Å². The van der Waals surface area contributed by atoms with Gasteiger partial charge >= 0.3 is 0 Å². The maximum Gasteiger partial charge on any atom is 0.251 e. The number of carbonyl (C=O) groups is 1. The average Bonchev–Trinajstić information content (AvgIpc) is 3.26. The summed E-state index contributed by atoms with van der Waals surface area (Å²) < 4.78 is 35.4. The lowest BCUT2D eigenvalue weighted by Crippen LogP contribution is -2.26. The first-order valence-corrected chi connectivity index (χ1v) is 10.6. The first-order valence-electron chi connectivity index (χ1n) is 10.6. The summed E-state index contributed by atoms with van der Waals surface area (Å²) in [6, 6.07) is 8.12. The number of methoxy groups -OCH3 is 1. The summed E-state index contributed by atoms with van der Waals surface area (Å²) in [5.41, 5.74) is 8.34. The molecule has 4 rings (SSSR count). The van der Waals surface area contributed by atoms with Gasteiger partial charge in [-0.1, -0.05) is 0 Å². The molecular formula is C24H24F2N6O2. The van der Waals surface area contributed by atoms with Gasteiger partial charge in [-0.3, -0.25) is 9.20 Å². The van der Waals surface area contributed by atoms with Crippen LogP contribution in [0, 0.1) is 18.6 Å². The molecule has 0 unspecified atom stereocenters. The Morgan fingerprint density at radius 1 is 1.18 bits per heavy atom. The van der Waals surface area contributed by atoms with Crippen molar-refractivity contribution >= 4 is 23.1 Å². The minimum absolute atomic E-state index is 0.0452. The van der Waals surface area contributed by atoms with E-state index < -0.39 is 11.6 Å². The van der Waals surface area contributed by atoms with Crippen LogP contribution in [-0.4, -0.2) is 40.5 Å². The number of amides is 1. The molecule has 2 aromatic heterocycles. The highest BCUT2D eigenvalue weighted by Crippen LogP contribution is 2.31. The van der Waals surface area contributed by atoms with Crippen molar-refractivity contribution in [3.05, 3.63) is 71.7 Å². The van der Waals surface area contributed by atoms with Crippen molar-refractivity contribution in [3.63, 3.8) is 0 Å². The summed E-state index contributed by atoms with van der Waals surface area (Å²) >= 11 is 0. The van der Waals surface area contributed by atoms with Gasteiger partial charge in [0.05, 0.1) is 19.0 Å². The zero-order chi connectivity index (χ0) is 24.2. The number of fused-ring (bicyclic) bond motifs is 1. The van der Waals surface area contributed by atoms with Crippen LogP contribution in [0.15, 0.2) is 48.9 Å². The molecule has 2 heterocycles. The number of halogens is 2. The smallest absolute Gasteiger partial charge is 0.251 e. The quantitative estimate of drug-likeness (QED) is 0.341. The largest absolute Gasteiger partial charge is 0.494 e. The highest BCUT2D eigenvalue weighted by Gasteiger charge is 2.19. The number of aromatic nitrogens is 3. The maximum atomic E-state index is 14.7. The molecule has 0 bridgehead atoms. The second-order valence-electron chi connectivity index (χ2n) is 7.61. The van der Waals surface area contributed by atoms with Gasteiger partial charge < -0.3 is 21.1 Å². The fourth-order valence-corrected chi connectivity index (χ4v) is 3.63. The van der Waals surface area contributed by atoms with Crippen molar-refractivity contribution in [2.24, 2.45) is 5.73 Å². The number of hydrogen-bond donors (Lipinski definition) is 3. The van der Waals surface area contributed by atoms with E-state index >= 15 is 0 Å². The number of rotatable bonds is 8. The first kappa shape index (κ1) is 23.1. The van der Waals surface area contributed by atoms with Crippen LogP contribution in [0.5, 0.6) is 5.75 Å². The molecule has 0 saturated carbocycles. The monoisotopic (exact) mass is 466 g/mol. The fraction of sp³-hybridized carbons (Fsp3) is 0.208. The number of nitrogens with two attached hydrogens (primary N) is 1. The van der Waals surface area contributed by atoms with Crippen LogP contribution in [0.4, 0.5) is 20.3 Å². The fourth-order valence-electron chi connectivity index (χ4n) is 3.63. The van der Waals surface area contributed by atoms with Crippen molar-refractivity contribution in [2.45, 2.75) is 13.3 Å². The van der Waals surface area contributed by atoms with Crippen LogP contribution in [0.1, 0.15) is 22.3 Å². The van der Waals surface area contributed by atoms with E-state index in [1.54, 1.807) is 22.7 Å². The molecule has 2 aromatic carbocycles. The van der Waals surface area contributed by atoms with Crippen LogP contribution in [0.25, 0.3) is 16.9 Å². The van der Waals surface area contributed by atoms with Crippen LogP contribution < -0.4 is 21.1 Å². The number of ether oxygens (including phenoxy) is 1. The summed E-state index contributed by atoms with van der Waals surface area (Å²) in [5.74, 6) is -2.01. The molecule has 4 aromatic rings. The number of imidazole rings is 1. The van der Waals surface area contributed by atoms with E-state index in [0.29, 0.717) is 47.9 Å². The van der Waals surface area contributed by atoms with Gasteiger partial charge in [-0.05, 0) is 55.8 Å². The van der Waals surface area contributed by atoms with Gasteiger partial charge in [0.25, 0.3) is 5.91 Å². The molecule has 0 aliphatic carbocycles. The third-order valence-corrected chi connectivity index (χ3v) is 5.37. The van der Waals surface area contributed by atoms with Gasteiger partial charge in [0.1, 0.15) is 0 Å². The molecule has 0 aliphatic heterocycles. The summed E-state index contributed by atoms with van der Waals surface area (Å²) in [4.78, 5) is 21.0. The van der Waals surface area contributed by atoms with Gasteiger partial charge in [-0.25, -0.2) is 14.4 Å². The molecule has 34 heavy (non-hydrogen) atoms. The summed E-state index contributed by atoms with van der Waals surface area (Å²) in [6.45, 7) is 2.86. The lowest BCUT2D eigenvalue weighted by Gasteiger charge is -2.12. The highest BCUT2D eigenvalue weighted by atomic mass is 19.2. The van der Waals surface area contributed by atoms with E-state index in [1.165, 1.54) is 31.6 Å². The standard InChI is InChI=1S/C24H24F2N6O2/c1-14-12-15(4-5-16(14)24(33)29-9-3-8-27)31-22-23-30-13-18(32(23)11-10-28-22)17-6-7-19(34-2)21(26)20(17)25/h4-7,10-13H,3,8-9,27H2,1-2H3,(H,28,31)(H,29,33). The normalized spacial score (nSPS) is 11.0. The number of hydrogen-bond acceptors (Lipinski definition) is 6. The van der Waals surface area contributed by atoms with Gasteiger partial charge in [-0.15, -0.1) is 0 Å². The molecular weight excluding hydrogens is 442 g/mol. The van der Waals surface area contributed by atoms with Crippen LogP contribution in [0.2, 0.25) is 0 Å². The highest BCUT2D eigenvalue weighted by molar-refractivity contribution is 5.96. The van der Waals surface area contributed by atoms with Gasteiger partial charge in [0.2, 0.25) is 5.82 Å². The lowest BCUT2D eigenvalue weighted by molar-refractivity contribution is 0.0953. The average molecular weight is 466 g/mol. The van der Waals surface area contributed by atoms with E-state index in [2.05, 4.69) is 20.6 Å². The molecule has 1 amide bonds. The molecule has 0 atom stereocenters. The van der Waals surface area contributed by atoms with Crippen molar-refractivity contribution in [1.82, 2.24) is 19.7 Å². The number of nitrogens with one attached hydrogen (secondary N) is 2. The number of benzene rings is 2. The van der Waals surface area contributed by atoms with E-state index in [-0.39, 0.29) is 17.2 Å². The molecule has 0 saturated heterocycles. The van der Waals surface area contributed by atoms with Crippen molar-refractivity contribution < 1.29 is 18.3 Å². The minimum atomic E-state index is -1.06. The van der Waals surface area contributed by atoms with Crippen molar-refractivity contribution in [3.8, 4) is 17.0 Å². The predicted molar refractivity (Wildman–Crippen MR) is 125 cm³/mol. The molecule has 0 spiro atoms. The topological polar surface area (TPSA) is 107 Å². The molecule has 176 valence electrons. The van der Waals surface area contributed by atoms with E-state index in [4.69, 9.17) is 10.5 Å². The Hall–Kier alpha value is -4.05. The Kier molecular flexibility index (Phi) is 6.69. The van der Waals surface area contributed by atoms with E-state index in [9.17, 15) is 13.6 Å². The SMILES string of the molecule is COc1ccc(-c2cnc3c(Nc4ccc(C(=O)NCCCN)c(C)c4)nccn23)c(F)c1F. The van der Waals surface area contributed by atoms with E-state index in [1.807, 2.05) is 13.0 Å². The number of nitrogens with zero attached hydrogens (tertiary/aromatic N) is 3. The summed E-state index contributed by atoms with van der Waals surface area (Å²) in [7, 11) is 1.28.